The van der Waals surface area contributed by atoms with E-state index in [1.54, 1.807) is 0 Å². The zero-order chi connectivity index (χ0) is 12.6. The van der Waals surface area contributed by atoms with Gasteiger partial charge >= 0.3 is 0 Å². The molecular weight excluding hydrogens is 192 g/mol. The van der Waals surface area contributed by atoms with Crippen LogP contribution < -0.4 is 0 Å². The molecule has 0 aromatic heterocycles. The number of hydrogen-bond acceptors (Lipinski definition) is 0. The molecule has 0 heteroatoms. The first kappa shape index (κ1) is 13.3. The second kappa shape index (κ2) is 4.24. The summed E-state index contributed by atoms with van der Waals surface area (Å²) in [4.78, 5) is 0. The van der Waals surface area contributed by atoms with Crippen LogP contribution in [0.3, 0.4) is 0 Å². The molecule has 0 saturated carbocycles. The predicted molar refractivity (Wildman–Crippen MR) is 73.0 cm³/mol. The fourth-order valence-corrected chi connectivity index (χ4v) is 1.77. The first-order valence-corrected chi connectivity index (χ1v) is 6.23. The molecule has 0 amide bonds. The van der Waals surface area contributed by atoms with Gasteiger partial charge in [0.2, 0.25) is 0 Å². The zero-order valence-electron chi connectivity index (χ0n) is 11.9. The van der Waals surface area contributed by atoms with Gasteiger partial charge in [-0.3, -0.25) is 0 Å². The minimum absolute atomic E-state index is 0.253. The van der Waals surface area contributed by atoms with Crippen molar-refractivity contribution < 1.29 is 0 Å². The lowest BCUT2D eigenvalue weighted by molar-refractivity contribution is 0.339. The molecule has 0 aliphatic rings. The molecule has 0 N–H and O–H groups in total. The zero-order valence-corrected chi connectivity index (χ0v) is 11.9. The van der Waals surface area contributed by atoms with E-state index < -0.39 is 0 Å². The van der Waals surface area contributed by atoms with Gasteiger partial charge in [-0.1, -0.05) is 72.7 Å². The maximum atomic E-state index is 2.31. The third-order valence-electron chi connectivity index (χ3n) is 3.58. The molecule has 1 atom stereocenters. The van der Waals surface area contributed by atoms with E-state index in [0.717, 1.165) is 0 Å². The summed E-state index contributed by atoms with van der Waals surface area (Å²) in [5.41, 5.74) is 3.45. The van der Waals surface area contributed by atoms with Crippen LogP contribution in [0.5, 0.6) is 0 Å². The molecule has 90 valence electrons. The van der Waals surface area contributed by atoms with Gasteiger partial charge in [0, 0.05) is 0 Å². The summed E-state index contributed by atoms with van der Waals surface area (Å²) in [7, 11) is 0. The monoisotopic (exact) mass is 218 g/mol. The van der Waals surface area contributed by atoms with Gasteiger partial charge < -0.3 is 0 Å². The van der Waals surface area contributed by atoms with Crippen molar-refractivity contribution >= 4 is 0 Å². The van der Waals surface area contributed by atoms with E-state index in [4.69, 9.17) is 0 Å². The van der Waals surface area contributed by atoms with Crippen LogP contribution in [0, 0.1) is 5.41 Å². The van der Waals surface area contributed by atoms with E-state index in [1.807, 2.05) is 0 Å². The van der Waals surface area contributed by atoms with Gasteiger partial charge in [0.05, 0.1) is 0 Å². The van der Waals surface area contributed by atoms with Crippen molar-refractivity contribution in [2.75, 3.05) is 0 Å². The van der Waals surface area contributed by atoms with Crippen molar-refractivity contribution in [2.45, 2.75) is 59.8 Å². The fourth-order valence-electron chi connectivity index (χ4n) is 1.77. The molecule has 1 aromatic carbocycles. The van der Waals surface area contributed by atoms with Crippen LogP contribution in [0.15, 0.2) is 24.3 Å². The Hall–Kier alpha value is -0.780. The normalized spacial score (nSPS) is 14.9. The van der Waals surface area contributed by atoms with Crippen LogP contribution in [-0.2, 0) is 5.41 Å². The second-order valence-electron chi connectivity index (χ2n) is 6.96. The molecule has 1 unspecified atom stereocenters. The standard InChI is InChI=1S/C16H26/c1-12(15(2,3)4)13-8-10-14(11-9-13)16(5,6)7/h8-12H,1-7H3. The van der Waals surface area contributed by atoms with E-state index in [-0.39, 0.29) is 5.41 Å². The Morgan fingerprint density at radius 1 is 0.812 bits per heavy atom. The highest BCUT2D eigenvalue weighted by atomic mass is 14.3. The Bertz CT molecular complexity index is 330. The summed E-state index contributed by atoms with van der Waals surface area (Å²) in [6.45, 7) is 16.0. The molecule has 0 aliphatic heterocycles. The van der Waals surface area contributed by atoms with Crippen LogP contribution >= 0.6 is 0 Å². The van der Waals surface area contributed by atoms with Gasteiger partial charge in [-0.15, -0.1) is 0 Å². The van der Waals surface area contributed by atoms with Crippen molar-refractivity contribution in [3.05, 3.63) is 35.4 Å². The molecule has 0 bridgehead atoms. The van der Waals surface area contributed by atoms with Gasteiger partial charge in [0.1, 0.15) is 0 Å². The first-order valence-electron chi connectivity index (χ1n) is 6.23. The van der Waals surface area contributed by atoms with Gasteiger partial charge in [0.15, 0.2) is 0 Å². The van der Waals surface area contributed by atoms with Gasteiger partial charge in [-0.2, -0.15) is 0 Å². The Morgan fingerprint density at radius 2 is 1.25 bits per heavy atom. The smallest absolute Gasteiger partial charge is 0.0132 e. The highest BCUT2D eigenvalue weighted by Crippen LogP contribution is 2.35. The molecule has 1 rings (SSSR count). The van der Waals surface area contributed by atoms with Gasteiger partial charge in [-0.25, -0.2) is 0 Å². The van der Waals surface area contributed by atoms with Crippen molar-refractivity contribution in [3.8, 4) is 0 Å². The SMILES string of the molecule is CC(c1ccc(C(C)(C)C)cc1)C(C)(C)C. The van der Waals surface area contributed by atoms with Crippen LogP contribution in [0.1, 0.15) is 65.5 Å². The molecular formula is C16H26. The Labute approximate surface area is 101 Å². The highest BCUT2D eigenvalue weighted by molar-refractivity contribution is 5.29. The van der Waals surface area contributed by atoms with E-state index in [2.05, 4.69) is 72.7 Å². The first-order chi connectivity index (χ1) is 7.12. The highest BCUT2D eigenvalue weighted by Gasteiger charge is 2.22. The van der Waals surface area contributed by atoms with Crippen LogP contribution in [0.2, 0.25) is 0 Å². The molecule has 0 radical (unpaired) electrons. The van der Waals surface area contributed by atoms with E-state index in [9.17, 15) is 0 Å². The van der Waals surface area contributed by atoms with Gasteiger partial charge in [-0.05, 0) is 27.9 Å². The average molecular weight is 218 g/mol. The summed E-state index contributed by atoms with van der Waals surface area (Å²) >= 11 is 0. The largest absolute Gasteiger partial charge is 0.0596 e. The second-order valence-corrected chi connectivity index (χ2v) is 6.96. The van der Waals surface area contributed by atoms with Crippen molar-refractivity contribution in [3.63, 3.8) is 0 Å². The van der Waals surface area contributed by atoms with Crippen molar-refractivity contribution in [1.29, 1.82) is 0 Å². The Balaban J connectivity index is 2.96. The maximum absolute atomic E-state index is 2.31. The molecule has 0 spiro atoms. The maximum Gasteiger partial charge on any atom is -0.0132 e. The molecule has 0 aliphatic carbocycles. The predicted octanol–water partition coefficient (Wildman–Crippen LogP) is 5.13. The fraction of sp³-hybridized carbons (Fsp3) is 0.625. The van der Waals surface area contributed by atoms with Gasteiger partial charge in [0.25, 0.3) is 0 Å². The van der Waals surface area contributed by atoms with Crippen LogP contribution in [0.25, 0.3) is 0 Å². The lowest BCUT2D eigenvalue weighted by Gasteiger charge is -2.28. The summed E-state index contributed by atoms with van der Waals surface area (Å²) in [5.74, 6) is 0.599. The van der Waals surface area contributed by atoms with Crippen molar-refractivity contribution in [2.24, 2.45) is 5.41 Å². The number of rotatable bonds is 1. The molecule has 16 heavy (non-hydrogen) atoms. The van der Waals surface area contributed by atoms with Crippen molar-refractivity contribution in [1.82, 2.24) is 0 Å². The molecule has 0 fully saturated rings. The number of benzene rings is 1. The average Bonchev–Trinajstić information content (AvgIpc) is 2.14. The van der Waals surface area contributed by atoms with E-state index in [1.165, 1.54) is 11.1 Å². The molecule has 1 aromatic rings. The Morgan fingerprint density at radius 3 is 1.56 bits per heavy atom. The minimum atomic E-state index is 0.253. The lowest BCUT2D eigenvalue weighted by atomic mass is 9.77. The molecule has 0 saturated heterocycles. The quantitative estimate of drug-likeness (QED) is 0.612. The molecule has 0 nitrogen and oxygen atoms in total. The van der Waals surface area contributed by atoms with E-state index in [0.29, 0.717) is 11.3 Å². The van der Waals surface area contributed by atoms with Crippen LogP contribution in [-0.4, -0.2) is 0 Å². The summed E-state index contributed by atoms with van der Waals surface area (Å²) in [5, 5.41) is 0. The van der Waals surface area contributed by atoms with Crippen LogP contribution in [0.4, 0.5) is 0 Å². The summed E-state index contributed by atoms with van der Waals surface area (Å²) in [6.07, 6.45) is 0. The minimum Gasteiger partial charge on any atom is -0.0596 e. The topological polar surface area (TPSA) is 0 Å². The molecule has 0 heterocycles. The Kier molecular flexibility index (Phi) is 3.52. The third-order valence-corrected chi connectivity index (χ3v) is 3.58. The lowest BCUT2D eigenvalue weighted by Crippen LogP contribution is -2.16. The van der Waals surface area contributed by atoms with E-state index >= 15 is 0 Å². The summed E-state index contributed by atoms with van der Waals surface area (Å²) < 4.78 is 0. The number of hydrogen-bond donors (Lipinski definition) is 0. The third kappa shape index (κ3) is 3.10. The summed E-state index contributed by atoms with van der Waals surface area (Å²) in [6, 6.07) is 9.13.